The maximum absolute atomic E-state index is 14.2. The molecule has 1 unspecified atom stereocenters. The number of rotatable bonds is 25. The molecule has 6 heterocycles. The molecule has 4 aromatic carbocycles. The second kappa shape index (κ2) is 23.2. The van der Waals surface area contributed by atoms with Crippen LogP contribution >= 0.6 is 0 Å². The fraction of sp³-hybridized carbons (Fsp3) is 0.364. The number of nitrogens with zero attached hydrogens (tertiary/aromatic N) is 9. The quantitative estimate of drug-likeness (QED) is 0.0127. The molecule has 0 fully saturated rings. The van der Waals surface area contributed by atoms with Crippen molar-refractivity contribution in [3.63, 3.8) is 0 Å². The SMILES string of the molecule is [CH2-][N+]1=C2N=c3c4ccccc4c4n3[Si](O[Si](C)(C)CCCN)(O[Si](C)(C)CCCNC(=O)C[N+](CCCS(=O)(=O)O)(CCCS(=O)(=O)O)CCCS(=O)(=O)O)n3c(c5ccccc5c3N=C3c5ccccc5C(=[N+]3[CH2-])N=4)N=C1c1ccccc12. The standard InChI is InChI=1S/C55H69N11O12S3Si3/c1-62-48-39-20-7-8-21-40(39)49(62)59-53-44-25-12-14-27-46(44)55-61-51-42-23-10-9-22-41(42)50(63(51)2)60-54-45-26-13-11-24-43(45)52(58-48)64(54)84(65(53)55,77-82(3,4)36-15-28-56)78-83(5,6)37-16-29-57-47(67)38-66(30-17-33-79(68,69)70,31-18-34-80(71,72)73)32-19-35-81(74,75)76/h7-14,20-27H,1-2,15-19,28-38,56H2,3-6H3,(H3-,57,67,68,69,70,71,72,73,74,75,76)/p+1. The third kappa shape index (κ3) is 12.5. The number of nitrogens with one attached hydrogen (secondary N) is 1. The first kappa shape index (κ1) is 60.8. The predicted molar refractivity (Wildman–Crippen MR) is 328 cm³/mol. The largest absolute Gasteiger partial charge is 0.586 e. The van der Waals surface area contributed by atoms with E-state index >= 15 is 0 Å². The molecule has 1 atom stereocenters. The van der Waals surface area contributed by atoms with Gasteiger partial charge in [0.2, 0.25) is 22.6 Å². The summed E-state index contributed by atoms with van der Waals surface area (Å²) in [6.07, 6.45) is 0.549. The van der Waals surface area contributed by atoms with Crippen molar-refractivity contribution in [3.8, 4) is 0 Å². The van der Waals surface area contributed by atoms with Gasteiger partial charge in [-0.2, -0.15) is 25.3 Å². The zero-order chi connectivity index (χ0) is 60.2. The number of amides is 1. The maximum Gasteiger partial charge on any atom is 0.586 e. The van der Waals surface area contributed by atoms with Gasteiger partial charge >= 0.3 is 8.88 Å². The second-order valence-electron chi connectivity index (χ2n) is 23.0. The fourth-order valence-corrected chi connectivity index (χ4v) is 26.0. The Hall–Kier alpha value is -6.33. The van der Waals surface area contributed by atoms with Crippen LogP contribution in [0.4, 0.5) is 11.6 Å². The van der Waals surface area contributed by atoms with E-state index < -0.39 is 79.0 Å². The molecule has 1 amide bonds. The van der Waals surface area contributed by atoms with Gasteiger partial charge in [0.1, 0.15) is 0 Å². The van der Waals surface area contributed by atoms with E-state index in [0.717, 1.165) is 43.8 Å². The fourth-order valence-electron chi connectivity index (χ4n) is 11.9. The number of aliphatic imine (C=N–C) groups is 2. The minimum atomic E-state index is -4.63. The third-order valence-electron chi connectivity index (χ3n) is 15.6. The smallest absolute Gasteiger partial charge is 0.404 e. The Kier molecular flexibility index (Phi) is 16.8. The zero-order valence-electron chi connectivity index (χ0n) is 47.3. The molecule has 446 valence electrons. The van der Waals surface area contributed by atoms with Crippen molar-refractivity contribution in [2.75, 3.05) is 56.5 Å². The Morgan fingerprint density at radius 1 is 0.583 bits per heavy atom. The number of fused-ring (bicyclic) bond motifs is 14. The van der Waals surface area contributed by atoms with Crippen molar-refractivity contribution < 1.29 is 65.6 Å². The van der Waals surface area contributed by atoms with E-state index in [1.54, 1.807) is 9.15 Å². The molecule has 0 saturated carbocycles. The molecule has 29 heteroatoms. The topological polar surface area (TPSA) is 302 Å². The summed E-state index contributed by atoms with van der Waals surface area (Å²) < 4.78 is 124. The molecule has 84 heavy (non-hydrogen) atoms. The number of carbonyl (C=O) groups excluding carboxylic acids is 1. The number of quaternary nitrogens is 1. The molecule has 6 N–H and O–H groups in total. The molecule has 0 saturated heterocycles. The summed E-state index contributed by atoms with van der Waals surface area (Å²) in [5.41, 5.74) is 10.6. The average Bonchev–Trinajstić information content (AvgIpc) is 2.35. The van der Waals surface area contributed by atoms with Gasteiger partial charge in [-0.1, -0.05) is 86.9 Å². The first-order valence-corrected chi connectivity index (χ1v) is 40.5. The monoisotopic (exact) mass is 1260 g/mol. The van der Waals surface area contributed by atoms with Crippen LogP contribution < -0.4 is 22.0 Å². The summed E-state index contributed by atoms with van der Waals surface area (Å²) in [6, 6.07) is 32.9. The first-order valence-electron chi connectivity index (χ1n) is 27.7. The molecule has 4 aliphatic heterocycles. The zero-order valence-corrected chi connectivity index (χ0v) is 52.8. The molecule has 0 spiro atoms. The van der Waals surface area contributed by atoms with Crippen LogP contribution in [0.15, 0.2) is 117 Å². The maximum atomic E-state index is 14.2. The van der Waals surface area contributed by atoms with E-state index in [9.17, 15) is 43.7 Å². The summed E-state index contributed by atoms with van der Waals surface area (Å²) in [5.74, 6) is 0.647. The highest BCUT2D eigenvalue weighted by Crippen LogP contribution is 2.45. The molecular formula is C55H70N11O12S3Si3+. The molecule has 2 aromatic heterocycles. The molecule has 4 aliphatic rings. The van der Waals surface area contributed by atoms with E-state index in [0.29, 0.717) is 77.4 Å². The number of hydrogen-bond acceptors (Lipinski definition) is 14. The highest BCUT2D eigenvalue weighted by molar-refractivity contribution is 7.86. The predicted octanol–water partition coefficient (Wildman–Crippen LogP) is 4.93. The van der Waals surface area contributed by atoms with Gasteiger partial charge in [-0.3, -0.25) is 18.5 Å². The summed E-state index contributed by atoms with van der Waals surface area (Å²) in [7, 11) is -15.0. The van der Waals surface area contributed by atoms with E-state index in [2.05, 4.69) is 54.1 Å². The summed E-state index contributed by atoms with van der Waals surface area (Å²) >= 11 is 0. The van der Waals surface area contributed by atoms with Gasteiger partial charge < -0.3 is 32.9 Å². The average molecular weight is 1260 g/mol. The Labute approximate surface area is 491 Å². The summed E-state index contributed by atoms with van der Waals surface area (Å²) in [4.78, 5) is 37.0. The van der Waals surface area contributed by atoms with Gasteiger partial charge in [0, 0.05) is 47.4 Å². The van der Waals surface area contributed by atoms with Gasteiger partial charge in [0.05, 0.1) is 36.9 Å². The highest BCUT2D eigenvalue weighted by atomic mass is 32.2. The van der Waals surface area contributed by atoms with Crippen molar-refractivity contribution in [1.82, 2.24) is 13.8 Å². The van der Waals surface area contributed by atoms with Crippen LogP contribution in [-0.4, -0.2) is 172 Å². The molecule has 6 bridgehead atoms. The van der Waals surface area contributed by atoms with Crippen molar-refractivity contribution in [2.24, 2.45) is 25.7 Å². The minimum absolute atomic E-state index is 0.0850. The first-order chi connectivity index (χ1) is 39.6. The lowest BCUT2D eigenvalue weighted by atomic mass is 10.1. The van der Waals surface area contributed by atoms with Gasteiger partial charge in [-0.25, -0.2) is 8.47 Å². The summed E-state index contributed by atoms with van der Waals surface area (Å²) in [6.45, 7) is 8.48. The van der Waals surface area contributed by atoms with Gasteiger partial charge in [-0.05, 0) is 104 Å². The second-order valence-corrected chi connectivity index (χ2v) is 39.3. The van der Waals surface area contributed by atoms with Crippen LogP contribution in [-0.2, 0) is 43.4 Å². The Morgan fingerprint density at radius 3 is 1.37 bits per heavy atom. The van der Waals surface area contributed by atoms with E-state index in [1.165, 1.54) is 0 Å². The van der Waals surface area contributed by atoms with Crippen molar-refractivity contribution >= 4 is 118 Å². The molecule has 6 aromatic rings. The number of nitrogens with two attached hydrogens (primary N) is 1. The van der Waals surface area contributed by atoms with Gasteiger partial charge in [0.25, 0.3) is 36.3 Å². The van der Waals surface area contributed by atoms with Gasteiger partial charge in [0.15, 0.2) is 46.5 Å². The number of carbonyl (C=O) groups is 1. The molecule has 10 rings (SSSR count). The molecular weight excluding hydrogens is 1190 g/mol. The Morgan fingerprint density at radius 2 is 0.964 bits per heavy atom. The van der Waals surface area contributed by atoms with Crippen LogP contribution in [0.5, 0.6) is 0 Å². The minimum Gasteiger partial charge on any atom is -0.404 e. The number of benzene rings is 4. The Balaban J connectivity index is 1.15. The van der Waals surface area contributed by atoms with Crippen molar-refractivity contribution in [1.29, 1.82) is 0 Å². The Bertz CT molecular complexity index is 4010. The lowest BCUT2D eigenvalue weighted by Crippen LogP contribution is -2.70. The van der Waals surface area contributed by atoms with Crippen molar-refractivity contribution in [3.05, 3.63) is 144 Å². The number of aromatic nitrogens is 2. The lowest BCUT2D eigenvalue weighted by Gasteiger charge is -2.42. The normalized spacial score (nSPS) is 17.0. The lowest BCUT2D eigenvalue weighted by molar-refractivity contribution is -0.920. The van der Waals surface area contributed by atoms with Crippen molar-refractivity contribution in [2.45, 2.75) is 70.4 Å². The number of hydrogen-bond donors (Lipinski definition) is 5. The van der Waals surface area contributed by atoms with Crippen LogP contribution in [0.2, 0.25) is 38.3 Å². The summed E-state index contributed by atoms with van der Waals surface area (Å²) in [5, 5.41) is 6.05. The van der Waals surface area contributed by atoms with E-state index in [-0.39, 0.29) is 56.5 Å². The van der Waals surface area contributed by atoms with Crippen LogP contribution in [0.3, 0.4) is 0 Å². The van der Waals surface area contributed by atoms with E-state index in [1.807, 2.05) is 97.1 Å². The molecule has 0 radical (unpaired) electrons. The van der Waals surface area contributed by atoms with E-state index in [4.69, 9.17) is 33.9 Å². The molecule has 0 aliphatic carbocycles. The molecule has 23 nitrogen and oxygen atoms in total. The van der Waals surface area contributed by atoms with Gasteiger partial charge in [-0.15, -0.1) is 20.0 Å². The highest BCUT2D eigenvalue weighted by Gasteiger charge is 2.59. The third-order valence-corrected chi connectivity index (χ3v) is 29.6. The van der Waals surface area contributed by atoms with Crippen LogP contribution in [0.25, 0.3) is 21.5 Å². The van der Waals surface area contributed by atoms with Crippen LogP contribution in [0, 0.1) is 14.1 Å². The van der Waals surface area contributed by atoms with Crippen LogP contribution in [0.1, 0.15) is 54.4 Å². The number of amidine groups is 4.